The fraction of sp³-hybridized carbons (Fsp3) is 0.188. The normalized spacial score (nSPS) is 14.2. The van der Waals surface area contributed by atoms with Crippen LogP contribution in [0, 0.1) is 11.3 Å². The molecule has 1 aliphatic heterocycles. The SMILES string of the molecule is COC1=CCNC=C1c1cc2cc(C#N)ccc2n1C. The third kappa shape index (κ3) is 1.84. The van der Waals surface area contributed by atoms with Gasteiger partial charge in [-0.2, -0.15) is 5.26 Å². The van der Waals surface area contributed by atoms with E-state index in [-0.39, 0.29) is 0 Å². The summed E-state index contributed by atoms with van der Waals surface area (Å²) in [5.74, 6) is 0.871. The van der Waals surface area contributed by atoms with Gasteiger partial charge in [0.05, 0.1) is 30.0 Å². The molecule has 0 unspecified atom stereocenters. The fourth-order valence-electron chi connectivity index (χ4n) is 2.56. The molecular formula is C16H15N3O. The van der Waals surface area contributed by atoms with Crippen LogP contribution in [0.3, 0.4) is 0 Å². The summed E-state index contributed by atoms with van der Waals surface area (Å²) in [7, 11) is 3.70. The highest BCUT2D eigenvalue weighted by Gasteiger charge is 2.16. The molecule has 2 heterocycles. The summed E-state index contributed by atoms with van der Waals surface area (Å²) in [6.07, 6.45) is 3.99. The first kappa shape index (κ1) is 12.4. The Balaban J connectivity index is 2.18. The first-order chi connectivity index (χ1) is 9.74. The van der Waals surface area contributed by atoms with Gasteiger partial charge in [-0.3, -0.25) is 0 Å². The van der Waals surface area contributed by atoms with Crippen molar-refractivity contribution in [2.75, 3.05) is 13.7 Å². The number of aryl methyl sites for hydroxylation is 1. The van der Waals surface area contributed by atoms with Crippen LogP contribution >= 0.6 is 0 Å². The van der Waals surface area contributed by atoms with E-state index >= 15 is 0 Å². The minimum atomic E-state index is 0.674. The minimum Gasteiger partial charge on any atom is -0.496 e. The molecule has 0 saturated carbocycles. The lowest BCUT2D eigenvalue weighted by Gasteiger charge is -2.16. The van der Waals surface area contributed by atoms with Crippen molar-refractivity contribution in [3.63, 3.8) is 0 Å². The third-order valence-electron chi connectivity index (χ3n) is 3.58. The largest absolute Gasteiger partial charge is 0.496 e. The summed E-state index contributed by atoms with van der Waals surface area (Å²) in [5.41, 5.74) is 3.86. The maximum Gasteiger partial charge on any atom is 0.127 e. The van der Waals surface area contributed by atoms with Gasteiger partial charge in [0.15, 0.2) is 0 Å². The Labute approximate surface area is 117 Å². The van der Waals surface area contributed by atoms with Crippen LogP contribution in [-0.2, 0) is 11.8 Å². The molecule has 1 aromatic carbocycles. The van der Waals surface area contributed by atoms with Crippen LogP contribution < -0.4 is 5.32 Å². The van der Waals surface area contributed by atoms with Crippen molar-refractivity contribution >= 4 is 16.5 Å². The highest BCUT2D eigenvalue weighted by Crippen LogP contribution is 2.30. The number of benzene rings is 1. The number of hydrogen-bond acceptors (Lipinski definition) is 3. The second-order valence-corrected chi connectivity index (χ2v) is 4.71. The van der Waals surface area contributed by atoms with Crippen molar-refractivity contribution in [1.29, 1.82) is 5.26 Å². The van der Waals surface area contributed by atoms with Crippen LogP contribution in [0.25, 0.3) is 16.5 Å². The highest BCUT2D eigenvalue weighted by molar-refractivity contribution is 5.89. The van der Waals surface area contributed by atoms with Gasteiger partial charge < -0.3 is 14.6 Å². The van der Waals surface area contributed by atoms with Gasteiger partial charge in [-0.25, -0.2) is 0 Å². The standard InChI is InChI=1S/C16H15N3O/c1-19-14-4-3-11(9-17)7-12(14)8-15(19)13-10-18-6-5-16(13)20-2/h3-5,7-8,10,18H,6H2,1-2H3. The van der Waals surface area contributed by atoms with Gasteiger partial charge in [0.25, 0.3) is 0 Å². The first-order valence-corrected chi connectivity index (χ1v) is 6.42. The molecule has 3 rings (SSSR count). The molecule has 1 aliphatic rings. The van der Waals surface area contributed by atoms with Gasteiger partial charge in [0.2, 0.25) is 0 Å². The number of aromatic nitrogens is 1. The predicted molar refractivity (Wildman–Crippen MR) is 78.7 cm³/mol. The summed E-state index contributed by atoms with van der Waals surface area (Å²) in [5, 5.41) is 13.3. The van der Waals surface area contributed by atoms with E-state index in [2.05, 4.69) is 22.0 Å². The van der Waals surface area contributed by atoms with Crippen LogP contribution in [0.15, 0.2) is 42.3 Å². The van der Waals surface area contributed by atoms with Crippen LogP contribution in [0.5, 0.6) is 0 Å². The fourth-order valence-corrected chi connectivity index (χ4v) is 2.56. The van der Waals surface area contributed by atoms with Crippen molar-refractivity contribution in [1.82, 2.24) is 9.88 Å². The summed E-state index contributed by atoms with van der Waals surface area (Å²) in [6.45, 7) is 0.773. The van der Waals surface area contributed by atoms with Gasteiger partial charge in [-0.05, 0) is 30.3 Å². The number of nitrogens with one attached hydrogen (secondary N) is 1. The second kappa shape index (κ2) is 4.78. The second-order valence-electron chi connectivity index (χ2n) is 4.71. The number of ether oxygens (including phenoxy) is 1. The quantitative estimate of drug-likeness (QED) is 0.907. The molecule has 100 valence electrons. The van der Waals surface area contributed by atoms with Crippen LogP contribution in [-0.4, -0.2) is 18.2 Å². The van der Waals surface area contributed by atoms with Crippen molar-refractivity contribution in [3.05, 3.63) is 53.6 Å². The number of nitriles is 1. The molecule has 0 bridgehead atoms. The van der Waals surface area contributed by atoms with E-state index in [9.17, 15) is 0 Å². The summed E-state index contributed by atoms with van der Waals surface area (Å²) in [4.78, 5) is 0. The van der Waals surface area contributed by atoms with Gasteiger partial charge >= 0.3 is 0 Å². The number of methoxy groups -OCH3 is 1. The van der Waals surface area contributed by atoms with E-state index in [1.165, 1.54) is 0 Å². The molecule has 0 amide bonds. The Morgan fingerprint density at radius 2 is 2.20 bits per heavy atom. The lowest BCUT2D eigenvalue weighted by atomic mass is 10.1. The Bertz CT molecular complexity index is 775. The predicted octanol–water partition coefficient (Wildman–Crippen LogP) is 2.52. The molecule has 1 aromatic heterocycles. The van der Waals surface area contributed by atoms with Crippen LogP contribution in [0.4, 0.5) is 0 Å². The Morgan fingerprint density at radius 1 is 1.35 bits per heavy atom. The average molecular weight is 265 g/mol. The highest BCUT2D eigenvalue weighted by atomic mass is 16.5. The number of nitrogens with zero attached hydrogens (tertiary/aromatic N) is 2. The van der Waals surface area contributed by atoms with Crippen LogP contribution in [0.2, 0.25) is 0 Å². The maximum absolute atomic E-state index is 8.99. The zero-order valence-corrected chi connectivity index (χ0v) is 11.5. The number of hydrogen-bond donors (Lipinski definition) is 1. The van der Waals surface area contributed by atoms with Gasteiger partial charge in [-0.15, -0.1) is 0 Å². The zero-order valence-electron chi connectivity index (χ0n) is 11.5. The van der Waals surface area contributed by atoms with Crippen LogP contribution in [0.1, 0.15) is 11.3 Å². The van der Waals surface area contributed by atoms with E-state index in [1.807, 2.05) is 37.5 Å². The molecule has 20 heavy (non-hydrogen) atoms. The smallest absolute Gasteiger partial charge is 0.127 e. The molecular weight excluding hydrogens is 250 g/mol. The third-order valence-corrected chi connectivity index (χ3v) is 3.58. The summed E-state index contributed by atoms with van der Waals surface area (Å²) < 4.78 is 7.55. The topological polar surface area (TPSA) is 50.0 Å². The molecule has 1 N–H and O–H groups in total. The molecule has 0 radical (unpaired) electrons. The summed E-state index contributed by atoms with van der Waals surface area (Å²) in [6, 6.07) is 9.99. The monoisotopic (exact) mass is 265 g/mol. The molecule has 4 heteroatoms. The Kier molecular flexibility index (Phi) is 2.96. The molecule has 4 nitrogen and oxygen atoms in total. The zero-order chi connectivity index (χ0) is 14.1. The number of rotatable bonds is 2. The van der Waals surface area contributed by atoms with E-state index in [0.29, 0.717) is 5.56 Å². The van der Waals surface area contributed by atoms with Gasteiger partial charge in [0.1, 0.15) is 5.76 Å². The number of allylic oxidation sites excluding steroid dienone is 1. The average Bonchev–Trinajstić information content (AvgIpc) is 2.83. The first-order valence-electron chi connectivity index (χ1n) is 6.42. The van der Waals surface area contributed by atoms with Gasteiger partial charge in [-0.1, -0.05) is 0 Å². The number of fused-ring (bicyclic) bond motifs is 1. The summed E-state index contributed by atoms with van der Waals surface area (Å²) >= 11 is 0. The van der Waals surface area contributed by atoms with E-state index in [4.69, 9.17) is 10.00 Å². The lowest BCUT2D eigenvalue weighted by molar-refractivity contribution is 0.308. The van der Waals surface area contributed by atoms with Crippen molar-refractivity contribution < 1.29 is 4.74 Å². The Morgan fingerprint density at radius 3 is 2.95 bits per heavy atom. The molecule has 2 aromatic rings. The van der Waals surface area contributed by atoms with E-state index in [0.717, 1.165) is 34.5 Å². The van der Waals surface area contributed by atoms with Gasteiger partial charge in [0, 0.05) is 30.7 Å². The molecule has 0 spiro atoms. The maximum atomic E-state index is 8.99. The minimum absolute atomic E-state index is 0.674. The van der Waals surface area contributed by atoms with E-state index in [1.54, 1.807) is 7.11 Å². The van der Waals surface area contributed by atoms with Crippen molar-refractivity contribution in [3.8, 4) is 6.07 Å². The molecule has 0 saturated heterocycles. The van der Waals surface area contributed by atoms with E-state index < -0.39 is 0 Å². The number of dihydropyridines is 1. The van der Waals surface area contributed by atoms with Crippen molar-refractivity contribution in [2.24, 2.45) is 7.05 Å². The molecule has 0 aliphatic carbocycles. The molecule has 0 atom stereocenters. The Hall–Kier alpha value is -2.67. The van der Waals surface area contributed by atoms with Crippen molar-refractivity contribution in [2.45, 2.75) is 0 Å². The lowest BCUT2D eigenvalue weighted by Crippen LogP contribution is -2.14. The molecule has 0 fully saturated rings.